The van der Waals surface area contributed by atoms with Crippen molar-refractivity contribution < 1.29 is 8.42 Å². The zero-order chi connectivity index (χ0) is 15.9. The molecule has 1 aromatic carbocycles. The number of sulfone groups is 1. The smallest absolute Gasteiger partial charge is 0.150 e. The minimum atomic E-state index is -2.87. The Morgan fingerprint density at radius 1 is 1.29 bits per heavy atom. The molecule has 120 valence electrons. The van der Waals surface area contributed by atoms with Crippen LogP contribution in [0.2, 0.25) is 0 Å². The van der Waals surface area contributed by atoms with Crippen molar-refractivity contribution in [1.82, 2.24) is 5.32 Å². The van der Waals surface area contributed by atoms with Crippen LogP contribution in [0.5, 0.6) is 0 Å². The Bertz CT molecular complexity index is 543. The van der Waals surface area contributed by atoms with E-state index in [4.69, 9.17) is 0 Å². The van der Waals surface area contributed by atoms with E-state index in [-0.39, 0.29) is 17.5 Å². The van der Waals surface area contributed by atoms with Crippen LogP contribution in [0.3, 0.4) is 0 Å². The third kappa shape index (κ3) is 6.49. The molecule has 0 saturated carbocycles. The molecule has 1 atom stereocenters. The molecule has 0 amide bonds. The molecule has 3 nitrogen and oxygen atoms in total. The number of hydrogen-bond acceptors (Lipinski definition) is 3. The number of halogens is 1. The van der Waals surface area contributed by atoms with E-state index in [1.807, 2.05) is 0 Å². The molecule has 21 heavy (non-hydrogen) atoms. The van der Waals surface area contributed by atoms with Crippen molar-refractivity contribution in [2.75, 3.05) is 18.1 Å². The highest BCUT2D eigenvalue weighted by molar-refractivity contribution is 9.10. The first kappa shape index (κ1) is 18.7. The molecule has 0 aliphatic heterocycles. The molecule has 1 unspecified atom stereocenters. The summed E-state index contributed by atoms with van der Waals surface area (Å²) in [6.07, 6.45) is 2.61. The number of aryl methyl sites for hydroxylation is 1. The van der Waals surface area contributed by atoms with E-state index < -0.39 is 9.84 Å². The molecule has 0 radical (unpaired) electrons. The standard InChI is InChI=1S/C16H26BrNO2S/c1-4-10-18-16(7-6-11-21(19,20)5-2)14-9-8-13(3)15(17)12-14/h8-9,12,16,18H,4-7,10-11H2,1-3H3. The van der Waals surface area contributed by atoms with Gasteiger partial charge in [-0.25, -0.2) is 8.42 Å². The quantitative estimate of drug-likeness (QED) is 0.708. The summed E-state index contributed by atoms with van der Waals surface area (Å²) in [4.78, 5) is 0. The van der Waals surface area contributed by atoms with Crippen molar-refractivity contribution in [3.8, 4) is 0 Å². The molecule has 0 bridgehead atoms. The second-order valence-corrected chi connectivity index (χ2v) is 8.72. The van der Waals surface area contributed by atoms with E-state index in [0.717, 1.165) is 23.9 Å². The fourth-order valence-corrected chi connectivity index (χ4v) is 3.47. The minimum Gasteiger partial charge on any atom is -0.310 e. The number of nitrogens with one attached hydrogen (secondary N) is 1. The Kier molecular flexibility index (Phi) is 7.92. The van der Waals surface area contributed by atoms with Crippen LogP contribution >= 0.6 is 15.9 Å². The zero-order valence-electron chi connectivity index (χ0n) is 13.2. The molecule has 1 rings (SSSR count). The van der Waals surface area contributed by atoms with Crippen molar-refractivity contribution in [1.29, 1.82) is 0 Å². The maximum atomic E-state index is 11.6. The van der Waals surface area contributed by atoms with Crippen molar-refractivity contribution >= 4 is 25.8 Å². The molecule has 0 aliphatic rings. The Balaban J connectivity index is 2.73. The summed E-state index contributed by atoms with van der Waals surface area (Å²) in [6.45, 7) is 6.85. The van der Waals surface area contributed by atoms with Crippen molar-refractivity contribution in [3.05, 3.63) is 33.8 Å². The monoisotopic (exact) mass is 375 g/mol. The van der Waals surface area contributed by atoms with Gasteiger partial charge in [0, 0.05) is 16.3 Å². The zero-order valence-corrected chi connectivity index (χ0v) is 15.6. The molecule has 1 aromatic rings. The van der Waals surface area contributed by atoms with Crippen LogP contribution in [0.15, 0.2) is 22.7 Å². The molecule has 0 aliphatic carbocycles. The van der Waals surface area contributed by atoms with Gasteiger partial charge < -0.3 is 5.32 Å². The van der Waals surface area contributed by atoms with Crippen molar-refractivity contribution in [2.24, 2.45) is 0 Å². The van der Waals surface area contributed by atoms with Gasteiger partial charge in [-0.15, -0.1) is 0 Å². The second kappa shape index (κ2) is 8.91. The van der Waals surface area contributed by atoms with Crippen molar-refractivity contribution in [2.45, 2.75) is 46.1 Å². The van der Waals surface area contributed by atoms with E-state index in [0.29, 0.717) is 6.42 Å². The predicted molar refractivity (Wildman–Crippen MR) is 93.5 cm³/mol. The van der Waals surface area contributed by atoms with Crippen LogP contribution in [0.4, 0.5) is 0 Å². The summed E-state index contributed by atoms with van der Waals surface area (Å²) in [5, 5.41) is 3.52. The normalized spacial score (nSPS) is 13.3. The second-order valence-electron chi connectivity index (χ2n) is 5.39. The fourth-order valence-electron chi connectivity index (χ4n) is 2.18. The molecule has 0 heterocycles. The van der Waals surface area contributed by atoms with Crippen LogP contribution in [0, 0.1) is 6.92 Å². The van der Waals surface area contributed by atoms with E-state index in [1.165, 1.54) is 11.1 Å². The summed E-state index contributed by atoms with van der Waals surface area (Å²) in [7, 11) is -2.87. The van der Waals surface area contributed by atoms with E-state index >= 15 is 0 Å². The Morgan fingerprint density at radius 2 is 2.00 bits per heavy atom. The lowest BCUT2D eigenvalue weighted by molar-refractivity contribution is 0.492. The molecular weight excluding hydrogens is 350 g/mol. The summed E-state index contributed by atoms with van der Waals surface area (Å²) in [6, 6.07) is 6.58. The van der Waals surface area contributed by atoms with Gasteiger partial charge in [-0.3, -0.25) is 0 Å². The first-order valence-electron chi connectivity index (χ1n) is 7.59. The minimum absolute atomic E-state index is 0.217. The third-order valence-corrected chi connectivity index (χ3v) is 6.27. The van der Waals surface area contributed by atoms with Crippen LogP contribution in [-0.4, -0.2) is 26.5 Å². The highest BCUT2D eigenvalue weighted by Gasteiger charge is 2.14. The number of hydrogen-bond donors (Lipinski definition) is 1. The molecule has 1 N–H and O–H groups in total. The maximum Gasteiger partial charge on any atom is 0.150 e. The largest absolute Gasteiger partial charge is 0.310 e. The number of benzene rings is 1. The molecule has 0 saturated heterocycles. The third-order valence-electron chi connectivity index (χ3n) is 3.63. The molecule has 0 fully saturated rings. The van der Waals surface area contributed by atoms with E-state index in [2.05, 4.69) is 53.3 Å². The molecule has 0 spiro atoms. The Morgan fingerprint density at radius 3 is 2.57 bits per heavy atom. The van der Waals surface area contributed by atoms with Crippen molar-refractivity contribution in [3.63, 3.8) is 0 Å². The van der Waals surface area contributed by atoms with Gasteiger partial charge in [0.1, 0.15) is 9.84 Å². The first-order chi connectivity index (χ1) is 9.89. The lowest BCUT2D eigenvalue weighted by Gasteiger charge is -2.20. The lowest BCUT2D eigenvalue weighted by Crippen LogP contribution is -2.23. The van der Waals surface area contributed by atoms with Crippen LogP contribution in [-0.2, 0) is 9.84 Å². The summed E-state index contributed by atoms with van der Waals surface area (Å²) in [5.41, 5.74) is 2.43. The van der Waals surface area contributed by atoms with E-state index in [9.17, 15) is 8.42 Å². The first-order valence-corrected chi connectivity index (χ1v) is 10.2. The predicted octanol–water partition coefficient (Wildman–Crippen LogP) is 4.01. The van der Waals surface area contributed by atoms with Gasteiger partial charge in [0.2, 0.25) is 0 Å². The van der Waals surface area contributed by atoms with Gasteiger partial charge in [0.05, 0.1) is 5.75 Å². The van der Waals surface area contributed by atoms with Crippen LogP contribution in [0.1, 0.15) is 50.3 Å². The molecular formula is C16H26BrNO2S. The Labute approximate surface area is 137 Å². The number of rotatable bonds is 9. The highest BCUT2D eigenvalue weighted by atomic mass is 79.9. The molecule has 0 aromatic heterocycles. The summed E-state index contributed by atoms with van der Waals surface area (Å²) < 4.78 is 24.3. The SMILES string of the molecule is CCCNC(CCCS(=O)(=O)CC)c1ccc(C)c(Br)c1. The average molecular weight is 376 g/mol. The molecule has 5 heteroatoms. The van der Waals surface area contributed by atoms with Gasteiger partial charge in [0.25, 0.3) is 0 Å². The fraction of sp³-hybridized carbons (Fsp3) is 0.625. The maximum absolute atomic E-state index is 11.6. The van der Waals surface area contributed by atoms with Gasteiger partial charge in [-0.1, -0.05) is 41.9 Å². The lowest BCUT2D eigenvalue weighted by atomic mass is 10.0. The topological polar surface area (TPSA) is 46.2 Å². The van der Waals surface area contributed by atoms with E-state index in [1.54, 1.807) is 6.92 Å². The van der Waals surface area contributed by atoms with Crippen LogP contribution < -0.4 is 5.32 Å². The van der Waals surface area contributed by atoms with Gasteiger partial charge in [-0.05, 0) is 49.9 Å². The van der Waals surface area contributed by atoms with Gasteiger partial charge in [-0.2, -0.15) is 0 Å². The van der Waals surface area contributed by atoms with Gasteiger partial charge in [0.15, 0.2) is 0 Å². The highest BCUT2D eigenvalue weighted by Crippen LogP contribution is 2.25. The van der Waals surface area contributed by atoms with Gasteiger partial charge >= 0.3 is 0 Å². The summed E-state index contributed by atoms with van der Waals surface area (Å²) >= 11 is 3.57. The van der Waals surface area contributed by atoms with Crippen LogP contribution in [0.25, 0.3) is 0 Å². The average Bonchev–Trinajstić information content (AvgIpc) is 2.45. The summed E-state index contributed by atoms with van der Waals surface area (Å²) in [5.74, 6) is 0.511. The Hall–Kier alpha value is -0.390.